The van der Waals surface area contributed by atoms with Crippen molar-refractivity contribution in [1.82, 2.24) is 19.9 Å². The van der Waals surface area contributed by atoms with Crippen LogP contribution in [-0.2, 0) is 22.6 Å². The highest BCUT2D eigenvalue weighted by molar-refractivity contribution is 7.91. The molecule has 2 aromatic carbocycles. The van der Waals surface area contributed by atoms with E-state index in [4.69, 9.17) is 0 Å². The van der Waals surface area contributed by atoms with Crippen molar-refractivity contribution in [2.24, 2.45) is 0 Å². The van der Waals surface area contributed by atoms with Gasteiger partial charge in [0.25, 0.3) is 5.91 Å². The van der Waals surface area contributed by atoms with Gasteiger partial charge in [0.15, 0.2) is 21.3 Å². The number of carbonyl (C=O) groups excluding carboxylic acids is 1. The Kier molecular flexibility index (Phi) is 7.30. The first-order valence-corrected chi connectivity index (χ1v) is 13.9. The maximum atomic E-state index is 14.0. The molecule has 16 heteroatoms. The summed E-state index contributed by atoms with van der Waals surface area (Å²) in [5.74, 6) is -2.99. The van der Waals surface area contributed by atoms with Crippen LogP contribution >= 0.6 is 0 Å². The minimum absolute atomic E-state index is 0.0210. The fraction of sp³-hybridized carbons (Fsp3) is 0.269. The molecule has 0 aliphatic carbocycles. The van der Waals surface area contributed by atoms with Crippen molar-refractivity contribution in [2.75, 3.05) is 12.4 Å². The number of aromatic nitrogens is 3. The number of benzene rings is 2. The molecule has 1 amide bonds. The average molecular weight is 613 g/mol. The largest absolute Gasteiger partial charge is 0.586 e. The molecule has 1 atom stereocenters. The van der Waals surface area contributed by atoms with E-state index in [2.05, 4.69) is 24.8 Å². The van der Waals surface area contributed by atoms with Crippen LogP contribution in [0.4, 0.5) is 22.0 Å². The standard InChI is InChI=1S/C26H21F5N4O6S/c1-2-42(38,39)16-7-8-17(32-11-16)19(13-36)33-23(37)14-6-9-20-18(10-14)34-24(25(27,28)29)35(20)12-15-4-3-5-21-22(15)41-26(30,31)40-21/h3-11,19,36H,2,12-13H2,1H3,(H,33,37). The topological polar surface area (TPSA) is 133 Å². The average Bonchev–Trinajstić information content (AvgIpc) is 3.47. The van der Waals surface area contributed by atoms with E-state index >= 15 is 0 Å². The smallest absolute Gasteiger partial charge is 0.395 e. The number of pyridine rings is 1. The molecule has 42 heavy (non-hydrogen) atoms. The molecule has 0 fully saturated rings. The van der Waals surface area contributed by atoms with E-state index in [-0.39, 0.29) is 44.3 Å². The van der Waals surface area contributed by atoms with Crippen LogP contribution in [0.5, 0.6) is 11.5 Å². The van der Waals surface area contributed by atoms with Gasteiger partial charge in [-0.05, 0) is 36.4 Å². The molecule has 2 N–H and O–H groups in total. The molecule has 222 valence electrons. The van der Waals surface area contributed by atoms with E-state index in [9.17, 15) is 40.3 Å². The second-order valence-corrected chi connectivity index (χ2v) is 11.4. The van der Waals surface area contributed by atoms with Gasteiger partial charge in [-0.15, -0.1) is 8.78 Å². The summed E-state index contributed by atoms with van der Waals surface area (Å²) in [6.07, 6.45) is -7.81. The molecule has 4 aromatic rings. The number of amides is 1. The fourth-order valence-electron chi connectivity index (χ4n) is 4.37. The lowest BCUT2D eigenvalue weighted by atomic mass is 10.1. The minimum Gasteiger partial charge on any atom is -0.395 e. The highest BCUT2D eigenvalue weighted by atomic mass is 32.2. The van der Waals surface area contributed by atoms with Gasteiger partial charge in [-0.2, -0.15) is 13.2 Å². The molecule has 0 bridgehead atoms. The van der Waals surface area contributed by atoms with Crippen LogP contribution in [0.15, 0.2) is 59.6 Å². The van der Waals surface area contributed by atoms with E-state index in [0.717, 1.165) is 16.8 Å². The molecule has 0 spiro atoms. The molecule has 0 saturated heterocycles. The SMILES string of the molecule is CCS(=O)(=O)c1ccc(C(CO)NC(=O)c2ccc3c(c2)nc(C(F)(F)F)n3Cc2cccc3c2OC(F)(F)O3)nc1. The Morgan fingerprint density at radius 2 is 1.90 bits per heavy atom. The van der Waals surface area contributed by atoms with Gasteiger partial charge in [0.05, 0.1) is 46.6 Å². The van der Waals surface area contributed by atoms with Gasteiger partial charge < -0.3 is 24.5 Å². The summed E-state index contributed by atoms with van der Waals surface area (Å²) in [5, 5.41) is 12.3. The molecule has 10 nitrogen and oxygen atoms in total. The Bertz CT molecular complexity index is 1770. The number of ether oxygens (including phenoxy) is 2. The summed E-state index contributed by atoms with van der Waals surface area (Å²) in [5.41, 5.74) is -0.222. The maximum Gasteiger partial charge on any atom is 0.586 e. The van der Waals surface area contributed by atoms with Crippen molar-refractivity contribution >= 4 is 26.8 Å². The number of sulfone groups is 1. The normalized spacial score (nSPS) is 15.1. The number of alkyl halides is 5. The van der Waals surface area contributed by atoms with Crippen molar-refractivity contribution in [3.05, 3.63) is 77.4 Å². The van der Waals surface area contributed by atoms with Crippen molar-refractivity contribution in [3.8, 4) is 11.5 Å². The first-order valence-electron chi connectivity index (χ1n) is 12.3. The van der Waals surface area contributed by atoms with Crippen molar-refractivity contribution in [2.45, 2.75) is 36.9 Å². The number of fused-ring (bicyclic) bond motifs is 2. The molecular formula is C26H21F5N4O6S. The lowest BCUT2D eigenvalue weighted by Crippen LogP contribution is -2.31. The number of nitrogens with zero attached hydrogens (tertiary/aromatic N) is 3. The first-order chi connectivity index (χ1) is 19.7. The molecule has 1 aliphatic heterocycles. The van der Waals surface area contributed by atoms with E-state index in [1.807, 2.05) is 0 Å². The predicted molar refractivity (Wildman–Crippen MR) is 136 cm³/mol. The number of imidazole rings is 1. The molecule has 3 heterocycles. The summed E-state index contributed by atoms with van der Waals surface area (Å²) in [6.45, 7) is 0.303. The molecule has 2 aromatic heterocycles. The second kappa shape index (κ2) is 10.5. The third-order valence-electron chi connectivity index (χ3n) is 6.45. The Hall–Kier alpha value is -4.31. The third-order valence-corrected chi connectivity index (χ3v) is 8.17. The second-order valence-electron chi connectivity index (χ2n) is 9.17. The summed E-state index contributed by atoms with van der Waals surface area (Å²) in [4.78, 5) is 20.6. The van der Waals surface area contributed by atoms with Crippen LogP contribution in [0.25, 0.3) is 11.0 Å². The van der Waals surface area contributed by atoms with Crippen LogP contribution in [0.2, 0.25) is 0 Å². The number of halogens is 5. The summed E-state index contributed by atoms with van der Waals surface area (Å²) >= 11 is 0. The Morgan fingerprint density at radius 3 is 2.55 bits per heavy atom. The zero-order valence-corrected chi connectivity index (χ0v) is 22.3. The number of aliphatic hydroxyl groups is 1. The number of para-hydroxylation sites is 1. The summed E-state index contributed by atoms with van der Waals surface area (Å²) in [6, 6.07) is 8.95. The van der Waals surface area contributed by atoms with Gasteiger partial charge in [0, 0.05) is 17.3 Å². The molecule has 0 saturated carbocycles. The summed E-state index contributed by atoms with van der Waals surface area (Å²) in [7, 11) is -3.52. The van der Waals surface area contributed by atoms with E-state index < -0.39 is 59.0 Å². The number of hydrogen-bond donors (Lipinski definition) is 2. The number of hydrogen-bond acceptors (Lipinski definition) is 8. The number of rotatable bonds is 8. The van der Waals surface area contributed by atoms with Crippen LogP contribution in [-0.4, -0.2) is 52.6 Å². The van der Waals surface area contributed by atoms with Crippen molar-refractivity contribution in [1.29, 1.82) is 0 Å². The van der Waals surface area contributed by atoms with Crippen LogP contribution in [0.1, 0.15) is 40.4 Å². The lowest BCUT2D eigenvalue weighted by molar-refractivity contribution is -0.287. The van der Waals surface area contributed by atoms with Crippen molar-refractivity contribution in [3.63, 3.8) is 0 Å². The number of aliphatic hydroxyl groups excluding tert-OH is 1. The Labute approximate surface area is 234 Å². The zero-order valence-electron chi connectivity index (χ0n) is 21.5. The van der Waals surface area contributed by atoms with Gasteiger partial charge in [-0.25, -0.2) is 13.4 Å². The lowest BCUT2D eigenvalue weighted by Gasteiger charge is -2.16. The van der Waals surface area contributed by atoms with Gasteiger partial charge in [0.2, 0.25) is 5.82 Å². The van der Waals surface area contributed by atoms with E-state index in [1.54, 1.807) is 0 Å². The fourth-order valence-corrected chi connectivity index (χ4v) is 5.19. The van der Waals surface area contributed by atoms with Crippen LogP contribution in [0.3, 0.4) is 0 Å². The van der Waals surface area contributed by atoms with Gasteiger partial charge in [-0.1, -0.05) is 19.1 Å². The van der Waals surface area contributed by atoms with Crippen molar-refractivity contribution < 1.29 is 49.7 Å². The van der Waals surface area contributed by atoms with Gasteiger partial charge in [0.1, 0.15) is 0 Å². The van der Waals surface area contributed by atoms with Crippen LogP contribution in [0, 0.1) is 0 Å². The maximum absolute atomic E-state index is 14.0. The highest BCUT2D eigenvalue weighted by Gasteiger charge is 2.45. The number of nitrogens with one attached hydrogen (secondary N) is 1. The minimum atomic E-state index is -4.94. The molecule has 0 radical (unpaired) electrons. The molecule has 5 rings (SSSR count). The summed E-state index contributed by atoms with van der Waals surface area (Å²) < 4.78 is 103. The first kappa shape index (κ1) is 29.2. The Balaban J connectivity index is 1.44. The van der Waals surface area contributed by atoms with E-state index in [0.29, 0.717) is 0 Å². The number of carbonyl (C=O) groups is 1. The quantitative estimate of drug-likeness (QED) is 0.285. The van der Waals surface area contributed by atoms with Gasteiger partial charge >= 0.3 is 12.5 Å². The highest BCUT2D eigenvalue weighted by Crippen LogP contribution is 2.44. The Morgan fingerprint density at radius 1 is 1.14 bits per heavy atom. The molecular weight excluding hydrogens is 591 g/mol. The molecule has 1 aliphatic rings. The zero-order chi connectivity index (χ0) is 30.4. The predicted octanol–water partition coefficient (Wildman–Crippen LogP) is 4.08. The third kappa shape index (κ3) is 5.59. The monoisotopic (exact) mass is 612 g/mol. The van der Waals surface area contributed by atoms with E-state index in [1.165, 1.54) is 49.4 Å². The van der Waals surface area contributed by atoms with Crippen LogP contribution < -0.4 is 14.8 Å². The van der Waals surface area contributed by atoms with Gasteiger partial charge in [-0.3, -0.25) is 9.78 Å². The molecule has 1 unspecified atom stereocenters.